The zero-order valence-corrected chi connectivity index (χ0v) is 44.1. The summed E-state index contributed by atoms with van der Waals surface area (Å²) in [6, 6.07) is 22.2. The van der Waals surface area contributed by atoms with Gasteiger partial charge in [-0.25, -0.2) is 14.4 Å². The smallest absolute Gasteiger partial charge is 0.408 e. The number of rotatable bonds is 19. The standard InChI is InChI=1S/C56H78N8O9/c1-38(2)31-44(59-48(66)45(32-39-19-11-9-12-20-39)60-49(67)46(33-40-21-13-10-14-22-40)61-52(70)73-55(6,7)8)47(65)58-43(25-17-18-28-57-51(69)72-54(3,4)5)50(68)62-29-26-56(27-30-62)36-64(37-56)53(71)63-34-41-23-15-16-24-42(41)35-63/h9-16,19-24,38,43-46H,17-18,25-37H2,1-8H3,(H,57,69)(H,58,65)(H,59,66)(H,60,67)(H,61,70)/t43-,44-,45-,46-/m1/s1. The molecule has 73 heavy (non-hydrogen) atoms. The van der Waals surface area contributed by atoms with Crippen LogP contribution in [0.4, 0.5) is 14.4 Å². The van der Waals surface area contributed by atoms with Crippen LogP contribution in [-0.4, -0.2) is 125 Å². The Bertz CT molecular complexity index is 2340. The first-order chi connectivity index (χ1) is 34.5. The monoisotopic (exact) mass is 1010 g/mol. The normalized spacial score (nSPS) is 16.8. The zero-order chi connectivity index (χ0) is 52.9. The number of carbonyl (C=O) groups is 7. The van der Waals surface area contributed by atoms with Crippen LogP contribution in [0.15, 0.2) is 84.9 Å². The molecule has 8 amide bonds. The molecule has 3 aromatic rings. The molecule has 1 spiro atoms. The fourth-order valence-corrected chi connectivity index (χ4v) is 9.63. The van der Waals surface area contributed by atoms with Gasteiger partial charge in [0.15, 0.2) is 0 Å². The molecule has 17 heteroatoms. The minimum atomic E-state index is -1.17. The first-order valence-electron chi connectivity index (χ1n) is 25.9. The number of fused-ring (bicyclic) bond motifs is 1. The molecule has 5 N–H and O–H groups in total. The third-order valence-electron chi connectivity index (χ3n) is 13.3. The molecule has 396 valence electrons. The maximum atomic E-state index is 14.6. The number of hydrogen-bond donors (Lipinski definition) is 5. The van der Waals surface area contributed by atoms with E-state index < -0.39 is 65.3 Å². The van der Waals surface area contributed by atoms with Gasteiger partial charge in [-0.15, -0.1) is 0 Å². The van der Waals surface area contributed by atoms with Gasteiger partial charge in [0.05, 0.1) is 0 Å². The molecule has 0 saturated carbocycles. The predicted molar refractivity (Wildman–Crippen MR) is 278 cm³/mol. The van der Waals surface area contributed by atoms with Crippen LogP contribution >= 0.6 is 0 Å². The van der Waals surface area contributed by atoms with E-state index in [1.807, 2.05) is 96.4 Å². The molecule has 2 saturated heterocycles. The number of amides is 8. The predicted octanol–water partition coefficient (Wildman–Crippen LogP) is 6.62. The van der Waals surface area contributed by atoms with E-state index in [1.54, 1.807) is 46.4 Å². The Balaban J connectivity index is 1.14. The Kier molecular flexibility index (Phi) is 18.9. The van der Waals surface area contributed by atoms with E-state index in [0.717, 1.165) is 11.1 Å². The van der Waals surface area contributed by atoms with Gasteiger partial charge in [0.25, 0.3) is 0 Å². The van der Waals surface area contributed by atoms with Crippen LogP contribution in [0.3, 0.4) is 0 Å². The number of ether oxygens (including phenoxy) is 2. The molecule has 0 radical (unpaired) electrons. The molecular weight excluding hydrogens is 929 g/mol. The molecule has 3 aromatic carbocycles. The van der Waals surface area contributed by atoms with Gasteiger partial charge in [-0.05, 0) is 108 Å². The first kappa shape index (κ1) is 55.7. The van der Waals surface area contributed by atoms with Crippen molar-refractivity contribution >= 4 is 41.8 Å². The highest BCUT2D eigenvalue weighted by Gasteiger charge is 2.49. The molecule has 0 aromatic heterocycles. The van der Waals surface area contributed by atoms with Gasteiger partial charge in [0, 0.05) is 64.1 Å². The lowest BCUT2D eigenvalue weighted by atomic mass is 9.72. The maximum absolute atomic E-state index is 14.6. The Morgan fingerprint density at radius 2 is 1.03 bits per heavy atom. The van der Waals surface area contributed by atoms with Crippen molar-refractivity contribution in [2.45, 2.75) is 155 Å². The summed E-state index contributed by atoms with van der Waals surface area (Å²) < 4.78 is 10.9. The summed E-state index contributed by atoms with van der Waals surface area (Å²) in [6.45, 7) is 18.0. The Morgan fingerprint density at radius 1 is 0.562 bits per heavy atom. The lowest BCUT2D eigenvalue weighted by molar-refractivity contribution is -0.141. The van der Waals surface area contributed by atoms with Gasteiger partial charge in [0.1, 0.15) is 35.4 Å². The van der Waals surface area contributed by atoms with E-state index in [9.17, 15) is 33.6 Å². The highest BCUT2D eigenvalue weighted by molar-refractivity contribution is 5.95. The lowest BCUT2D eigenvalue weighted by Gasteiger charge is -2.54. The van der Waals surface area contributed by atoms with Gasteiger partial charge in [-0.3, -0.25) is 19.2 Å². The molecule has 4 atom stereocenters. The number of hydrogen-bond acceptors (Lipinski definition) is 9. The van der Waals surface area contributed by atoms with Crippen molar-refractivity contribution in [1.29, 1.82) is 0 Å². The van der Waals surface area contributed by atoms with Crippen LogP contribution in [0.1, 0.15) is 116 Å². The quantitative estimate of drug-likeness (QED) is 0.0817. The van der Waals surface area contributed by atoms with Crippen molar-refractivity contribution in [3.05, 3.63) is 107 Å². The van der Waals surface area contributed by atoms with Crippen molar-refractivity contribution in [3.63, 3.8) is 0 Å². The number of urea groups is 1. The van der Waals surface area contributed by atoms with Crippen LogP contribution in [0.25, 0.3) is 0 Å². The molecule has 0 unspecified atom stereocenters. The largest absolute Gasteiger partial charge is 0.444 e. The third-order valence-corrected chi connectivity index (χ3v) is 13.3. The van der Waals surface area contributed by atoms with Crippen LogP contribution in [-0.2, 0) is 54.6 Å². The summed E-state index contributed by atoms with van der Waals surface area (Å²) in [7, 11) is 0. The van der Waals surface area contributed by atoms with Crippen molar-refractivity contribution < 1.29 is 43.0 Å². The number of piperidine rings is 1. The van der Waals surface area contributed by atoms with Gasteiger partial charge in [0.2, 0.25) is 23.6 Å². The fraction of sp³-hybridized carbons (Fsp3) is 0.554. The van der Waals surface area contributed by atoms with E-state index in [0.29, 0.717) is 71.5 Å². The molecule has 2 fully saturated rings. The summed E-state index contributed by atoms with van der Waals surface area (Å²) in [5.74, 6) is -2.09. The Labute approximate surface area is 431 Å². The van der Waals surface area contributed by atoms with E-state index in [4.69, 9.17) is 9.47 Å². The summed E-state index contributed by atoms with van der Waals surface area (Å²) >= 11 is 0. The minimum Gasteiger partial charge on any atom is -0.444 e. The average molecular weight is 1010 g/mol. The second kappa shape index (κ2) is 24.9. The van der Waals surface area contributed by atoms with E-state index in [2.05, 4.69) is 38.7 Å². The molecule has 0 aliphatic carbocycles. The summed E-state index contributed by atoms with van der Waals surface area (Å²) in [6.07, 6.45) is 1.76. The molecular formula is C56H78N8O9. The highest BCUT2D eigenvalue weighted by atomic mass is 16.6. The second-order valence-electron chi connectivity index (χ2n) is 22.4. The van der Waals surface area contributed by atoms with Gasteiger partial charge in [-0.1, -0.05) is 98.8 Å². The fourth-order valence-electron chi connectivity index (χ4n) is 9.63. The Hall–Kier alpha value is -6.65. The second-order valence-corrected chi connectivity index (χ2v) is 22.4. The van der Waals surface area contributed by atoms with Gasteiger partial charge >= 0.3 is 18.2 Å². The SMILES string of the molecule is CC(C)C[C@@H](NC(=O)[C@@H](Cc1ccccc1)NC(=O)[C@@H](Cc1ccccc1)NC(=O)OC(C)(C)C)C(=O)N[C@H](CCCCNC(=O)OC(C)(C)C)C(=O)N1CCC2(CC1)CN(C(=O)N1Cc3ccccc3C1)C2. The van der Waals surface area contributed by atoms with Crippen LogP contribution in [0.5, 0.6) is 0 Å². The number of likely N-dealkylation sites (tertiary alicyclic amines) is 2. The highest BCUT2D eigenvalue weighted by Crippen LogP contribution is 2.41. The van der Waals surface area contributed by atoms with Crippen molar-refractivity contribution in [2.24, 2.45) is 11.3 Å². The maximum Gasteiger partial charge on any atom is 0.408 e. The van der Waals surface area contributed by atoms with E-state index in [1.165, 1.54) is 11.1 Å². The molecule has 0 bridgehead atoms. The number of benzene rings is 3. The zero-order valence-electron chi connectivity index (χ0n) is 44.1. The lowest BCUT2D eigenvalue weighted by Crippen LogP contribution is -2.64. The van der Waals surface area contributed by atoms with Crippen LogP contribution < -0.4 is 26.6 Å². The number of unbranched alkanes of at least 4 members (excludes halogenated alkanes) is 1. The average Bonchev–Trinajstić information content (AvgIpc) is 3.76. The molecule has 3 aliphatic rings. The van der Waals surface area contributed by atoms with Crippen LogP contribution in [0.2, 0.25) is 0 Å². The van der Waals surface area contributed by atoms with Crippen molar-refractivity contribution in [2.75, 3.05) is 32.7 Å². The molecule has 17 nitrogen and oxygen atoms in total. The van der Waals surface area contributed by atoms with Gasteiger partial charge < -0.3 is 50.8 Å². The number of alkyl carbamates (subject to hydrolysis) is 2. The molecule has 3 heterocycles. The van der Waals surface area contributed by atoms with Crippen molar-refractivity contribution in [1.82, 2.24) is 41.3 Å². The van der Waals surface area contributed by atoms with Gasteiger partial charge in [-0.2, -0.15) is 0 Å². The van der Waals surface area contributed by atoms with E-state index in [-0.39, 0.29) is 49.0 Å². The summed E-state index contributed by atoms with van der Waals surface area (Å²) in [4.78, 5) is 102. The number of nitrogens with zero attached hydrogens (tertiary/aromatic N) is 3. The minimum absolute atomic E-state index is 0.0311. The third kappa shape index (κ3) is 17.0. The number of carbonyl (C=O) groups excluding carboxylic acids is 7. The van der Waals surface area contributed by atoms with Crippen molar-refractivity contribution in [3.8, 4) is 0 Å². The summed E-state index contributed by atoms with van der Waals surface area (Å²) in [5.41, 5.74) is 2.29. The molecule has 3 aliphatic heterocycles. The Morgan fingerprint density at radius 3 is 1.55 bits per heavy atom. The van der Waals surface area contributed by atoms with E-state index >= 15 is 0 Å². The molecule has 6 rings (SSSR count). The number of nitrogens with one attached hydrogen (secondary N) is 5. The topological polar surface area (TPSA) is 208 Å². The van der Waals surface area contributed by atoms with Crippen LogP contribution in [0, 0.1) is 11.3 Å². The first-order valence-corrected chi connectivity index (χ1v) is 25.9. The summed E-state index contributed by atoms with van der Waals surface area (Å²) in [5, 5.41) is 14.3.